The van der Waals surface area contributed by atoms with Crippen molar-refractivity contribution in [3.63, 3.8) is 0 Å². The van der Waals surface area contributed by atoms with Crippen LogP contribution in [0, 0.1) is 0 Å². The van der Waals surface area contributed by atoms with Crippen molar-refractivity contribution in [1.29, 1.82) is 0 Å². The Morgan fingerprint density at radius 1 is 0.966 bits per heavy atom. The smallest absolute Gasteiger partial charge is 0.339 e. The molecule has 6 nitrogen and oxygen atoms in total. The second-order valence-electron chi connectivity index (χ2n) is 6.39. The van der Waals surface area contributed by atoms with Crippen LogP contribution in [0.4, 0.5) is 5.69 Å². The van der Waals surface area contributed by atoms with Gasteiger partial charge >= 0.3 is 5.97 Å². The van der Waals surface area contributed by atoms with E-state index in [4.69, 9.17) is 9.47 Å². The topological polar surface area (TPSA) is 84.9 Å². The molecule has 0 heterocycles. The number of nitrogens with one attached hydrogen (secondary N) is 1. The van der Waals surface area contributed by atoms with Crippen molar-refractivity contribution in [3.05, 3.63) is 90.0 Å². The van der Waals surface area contributed by atoms with Gasteiger partial charge in [0.2, 0.25) is 0 Å². The molecule has 1 amide bonds. The molecule has 0 aliphatic rings. The van der Waals surface area contributed by atoms with E-state index in [1.807, 2.05) is 30.3 Å². The minimum Gasteiger partial charge on any atom is -0.508 e. The highest BCUT2D eigenvalue weighted by atomic mass is 16.5. The van der Waals surface area contributed by atoms with Gasteiger partial charge < -0.3 is 19.9 Å². The van der Waals surface area contributed by atoms with E-state index in [2.05, 4.69) is 5.32 Å². The van der Waals surface area contributed by atoms with Crippen LogP contribution in [0.15, 0.2) is 78.9 Å². The third-order valence-electron chi connectivity index (χ3n) is 4.11. The molecule has 0 aliphatic heterocycles. The third-order valence-corrected chi connectivity index (χ3v) is 4.11. The van der Waals surface area contributed by atoms with Crippen LogP contribution < -0.4 is 10.1 Å². The molecule has 148 valence electrons. The van der Waals surface area contributed by atoms with Gasteiger partial charge in [0.1, 0.15) is 18.1 Å². The number of aromatic hydroxyl groups is 1. The molecule has 1 atom stereocenters. The fraction of sp³-hybridized carbons (Fsp3) is 0.130. The van der Waals surface area contributed by atoms with E-state index in [0.29, 0.717) is 18.0 Å². The van der Waals surface area contributed by atoms with E-state index in [-0.39, 0.29) is 11.3 Å². The highest BCUT2D eigenvalue weighted by molar-refractivity contribution is 5.97. The predicted molar refractivity (Wildman–Crippen MR) is 109 cm³/mol. The van der Waals surface area contributed by atoms with Gasteiger partial charge in [-0.3, -0.25) is 4.79 Å². The zero-order chi connectivity index (χ0) is 20.6. The molecule has 3 aromatic rings. The summed E-state index contributed by atoms with van der Waals surface area (Å²) >= 11 is 0. The summed E-state index contributed by atoms with van der Waals surface area (Å²) in [6.07, 6.45) is -1.00. The number of ether oxygens (including phenoxy) is 2. The van der Waals surface area contributed by atoms with Gasteiger partial charge in [0.05, 0.1) is 5.56 Å². The van der Waals surface area contributed by atoms with Crippen molar-refractivity contribution in [3.8, 4) is 11.5 Å². The number of phenolic OH excluding ortho intramolecular Hbond substituents is 1. The molecule has 3 aromatic carbocycles. The van der Waals surface area contributed by atoms with Crippen LogP contribution in [0.3, 0.4) is 0 Å². The lowest BCUT2D eigenvalue weighted by atomic mass is 10.2. The number of carbonyl (C=O) groups excluding carboxylic acids is 2. The number of carbonyl (C=O) groups is 2. The first kappa shape index (κ1) is 19.9. The summed E-state index contributed by atoms with van der Waals surface area (Å²) in [7, 11) is 0. The SMILES string of the molecule is C[C@H](OC(=O)c1cccc(O)c1)C(=O)Nc1ccc(OCc2ccccc2)cc1. The summed E-state index contributed by atoms with van der Waals surface area (Å²) in [4.78, 5) is 24.3. The molecule has 0 unspecified atom stereocenters. The van der Waals surface area contributed by atoms with Crippen LogP contribution in [0.25, 0.3) is 0 Å². The molecule has 0 fully saturated rings. The molecule has 0 saturated heterocycles. The molecule has 3 rings (SSSR count). The van der Waals surface area contributed by atoms with Gasteiger partial charge in [-0.05, 0) is 55.0 Å². The van der Waals surface area contributed by atoms with Gasteiger partial charge in [0.25, 0.3) is 5.91 Å². The van der Waals surface area contributed by atoms with Crippen LogP contribution in [0.5, 0.6) is 11.5 Å². The minimum atomic E-state index is -1.00. The molecule has 29 heavy (non-hydrogen) atoms. The molecular weight excluding hydrogens is 370 g/mol. The van der Waals surface area contributed by atoms with Gasteiger partial charge in [-0.2, -0.15) is 0 Å². The standard InChI is InChI=1S/C23H21NO5/c1-16(29-23(27)18-8-5-9-20(25)14-18)22(26)24-19-10-12-21(13-11-19)28-15-17-6-3-2-4-7-17/h2-14,16,25H,15H2,1H3,(H,24,26)/t16-/m0/s1. The average Bonchev–Trinajstić information content (AvgIpc) is 2.74. The minimum absolute atomic E-state index is 0.0499. The van der Waals surface area contributed by atoms with Gasteiger partial charge in [-0.15, -0.1) is 0 Å². The largest absolute Gasteiger partial charge is 0.508 e. The molecular formula is C23H21NO5. The molecule has 2 N–H and O–H groups in total. The monoisotopic (exact) mass is 391 g/mol. The van der Waals surface area contributed by atoms with Crippen molar-refractivity contribution in [2.24, 2.45) is 0 Å². The maximum absolute atomic E-state index is 12.3. The lowest BCUT2D eigenvalue weighted by Gasteiger charge is -2.14. The normalized spacial score (nSPS) is 11.3. The Labute approximate surface area is 168 Å². The van der Waals surface area contributed by atoms with Crippen molar-refractivity contribution in [2.75, 3.05) is 5.32 Å². The Morgan fingerprint density at radius 3 is 2.38 bits per heavy atom. The van der Waals surface area contributed by atoms with Gasteiger partial charge in [0, 0.05) is 5.69 Å². The average molecular weight is 391 g/mol. The highest BCUT2D eigenvalue weighted by Gasteiger charge is 2.19. The van der Waals surface area contributed by atoms with Crippen LogP contribution in [0.2, 0.25) is 0 Å². The molecule has 0 aromatic heterocycles. The predicted octanol–water partition coefficient (Wildman–Crippen LogP) is 4.16. The lowest BCUT2D eigenvalue weighted by molar-refractivity contribution is -0.123. The Bertz CT molecular complexity index is 970. The number of hydrogen-bond acceptors (Lipinski definition) is 5. The first-order valence-electron chi connectivity index (χ1n) is 9.09. The van der Waals surface area contributed by atoms with Gasteiger partial charge in [0.15, 0.2) is 6.10 Å². The zero-order valence-corrected chi connectivity index (χ0v) is 15.9. The third kappa shape index (κ3) is 5.84. The zero-order valence-electron chi connectivity index (χ0n) is 15.9. The van der Waals surface area contributed by atoms with Crippen molar-refractivity contribution >= 4 is 17.6 Å². The summed E-state index contributed by atoms with van der Waals surface area (Å²) in [6.45, 7) is 1.93. The van der Waals surface area contributed by atoms with Crippen LogP contribution in [0.1, 0.15) is 22.8 Å². The number of rotatable bonds is 7. The fourth-order valence-electron chi connectivity index (χ4n) is 2.53. The first-order chi connectivity index (χ1) is 14.0. The van der Waals surface area contributed by atoms with Crippen LogP contribution in [-0.4, -0.2) is 23.1 Å². The summed E-state index contributed by atoms with van der Waals surface area (Å²) in [5, 5.41) is 12.1. The van der Waals surface area contributed by atoms with E-state index in [1.54, 1.807) is 24.3 Å². The molecule has 0 radical (unpaired) electrons. The Kier molecular flexibility index (Phi) is 6.47. The van der Waals surface area contributed by atoms with E-state index in [9.17, 15) is 14.7 Å². The second-order valence-corrected chi connectivity index (χ2v) is 6.39. The van der Waals surface area contributed by atoms with E-state index >= 15 is 0 Å². The molecule has 6 heteroatoms. The summed E-state index contributed by atoms with van der Waals surface area (Å²) < 4.78 is 10.9. The molecule has 0 spiro atoms. The quantitative estimate of drug-likeness (QED) is 0.591. The van der Waals surface area contributed by atoms with Crippen molar-refractivity contribution in [1.82, 2.24) is 0 Å². The molecule has 0 saturated carbocycles. The van der Waals surface area contributed by atoms with Gasteiger partial charge in [-0.1, -0.05) is 36.4 Å². The van der Waals surface area contributed by atoms with Crippen LogP contribution in [-0.2, 0) is 16.1 Å². The van der Waals surface area contributed by atoms with Gasteiger partial charge in [-0.25, -0.2) is 4.79 Å². The van der Waals surface area contributed by atoms with Crippen molar-refractivity contribution in [2.45, 2.75) is 19.6 Å². The molecule has 0 bridgehead atoms. The molecule has 0 aliphatic carbocycles. The maximum atomic E-state index is 12.3. The Hall–Kier alpha value is -3.80. The fourth-order valence-corrected chi connectivity index (χ4v) is 2.53. The Balaban J connectivity index is 1.51. The first-order valence-corrected chi connectivity index (χ1v) is 9.09. The van der Waals surface area contributed by atoms with E-state index in [1.165, 1.54) is 31.2 Å². The van der Waals surface area contributed by atoms with E-state index in [0.717, 1.165) is 5.56 Å². The highest BCUT2D eigenvalue weighted by Crippen LogP contribution is 2.18. The lowest BCUT2D eigenvalue weighted by Crippen LogP contribution is -2.29. The van der Waals surface area contributed by atoms with Crippen molar-refractivity contribution < 1.29 is 24.2 Å². The number of benzene rings is 3. The number of amides is 1. The van der Waals surface area contributed by atoms with Crippen LogP contribution >= 0.6 is 0 Å². The summed E-state index contributed by atoms with van der Waals surface area (Å²) in [5.41, 5.74) is 1.79. The summed E-state index contributed by atoms with van der Waals surface area (Å²) in [6, 6.07) is 22.5. The Morgan fingerprint density at radius 2 is 1.69 bits per heavy atom. The second kappa shape index (κ2) is 9.41. The number of esters is 1. The number of phenols is 1. The van der Waals surface area contributed by atoms with E-state index < -0.39 is 18.0 Å². The summed E-state index contributed by atoms with van der Waals surface area (Å²) in [5.74, 6) is -0.522. The maximum Gasteiger partial charge on any atom is 0.339 e. The number of hydrogen-bond donors (Lipinski definition) is 2. The number of anilines is 1.